The van der Waals surface area contributed by atoms with E-state index in [0.29, 0.717) is 5.76 Å². The van der Waals surface area contributed by atoms with Crippen molar-refractivity contribution >= 4 is 5.97 Å². The molecule has 70 valence electrons. The summed E-state index contributed by atoms with van der Waals surface area (Å²) in [6.45, 7) is 1.63. The summed E-state index contributed by atoms with van der Waals surface area (Å²) < 4.78 is 5.03. The van der Waals surface area contributed by atoms with E-state index in [9.17, 15) is 4.79 Å². The van der Waals surface area contributed by atoms with Crippen LogP contribution < -0.4 is 0 Å². The Balaban J connectivity index is 2.36. The third-order valence-corrected chi connectivity index (χ3v) is 2.50. The van der Waals surface area contributed by atoms with Crippen molar-refractivity contribution in [1.29, 1.82) is 0 Å². The molecule has 4 nitrogen and oxygen atoms in total. The summed E-state index contributed by atoms with van der Waals surface area (Å²) in [5.74, 6) is -0.889. The van der Waals surface area contributed by atoms with Gasteiger partial charge in [0.1, 0.15) is 5.92 Å². The predicted octanol–water partition coefficient (Wildman–Crippen LogP) is 1.35. The van der Waals surface area contributed by atoms with Crippen molar-refractivity contribution < 1.29 is 14.4 Å². The van der Waals surface area contributed by atoms with Crippen molar-refractivity contribution in [3.05, 3.63) is 17.0 Å². The van der Waals surface area contributed by atoms with E-state index in [2.05, 4.69) is 5.16 Å². The molecule has 0 aliphatic heterocycles. The molecule has 0 fully saturated rings. The smallest absolute Gasteiger partial charge is 0.314 e. The van der Waals surface area contributed by atoms with Crippen molar-refractivity contribution in [3.63, 3.8) is 0 Å². The first-order valence-corrected chi connectivity index (χ1v) is 4.40. The minimum Gasteiger partial charge on any atom is -0.481 e. The summed E-state index contributed by atoms with van der Waals surface area (Å²) in [6, 6.07) is 0. The molecule has 0 saturated heterocycles. The van der Waals surface area contributed by atoms with Crippen molar-refractivity contribution in [2.45, 2.75) is 32.1 Å². The first kappa shape index (κ1) is 8.29. The zero-order chi connectivity index (χ0) is 9.42. The highest BCUT2D eigenvalue weighted by Gasteiger charge is 2.27. The van der Waals surface area contributed by atoms with Crippen LogP contribution in [0.5, 0.6) is 0 Å². The highest BCUT2D eigenvalue weighted by atomic mass is 16.5. The lowest BCUT2D eigenvalue weighted by Gasteiger charge is -2.01. The molecule has 4 heteroatoms. The minimum absolute atomic E-state index is 0.542. The number of carboxylic acids is 1. The van der Waals surface area contributed by atoms with Gasteiger partial charge in [-0.1, -0.05) is 5.16 Å². The maximum Gasteiger partial charge on any atom is 0.314 e. The van der Waals surface area contributed by atoms with Crippen LogP contribution in [0.3, 0.4) is 0 Å². The predicted molar refractivity (Wildman–Crippen MR) is 44.6 cm³/mol. The number of aromatic nitrogens is 1. The van der Waals surface area contributed by atoms with Crippen LogP contribution >= 0.6 is 0 Å². The van der Waals surface area contributed by atoms with Crippen LogP contribution in [0.25, 0.3) is 0 Å². The molecule has 1 aromatic rings. The Hall–Kier alpha value is -1.32. The Morgan fingerprint density at radius 3 is 3.08 bits per heavy atom. The van der Waals surface area contributed by atoms with Gasteiger partial charge in [0.05, 0.1) is 5.69 Å². The number of rotatable bonds is 2. The molecule has 1 N–H and O–H groups in total. The maximum absolute atomic E-state index is 10.7. The summed E-state index contributed by atoms with van der Waals surface area (Å²) in [4.78, 5) is 10.7. The molecule has 0 radical (unpaired) electrons. The molecule has 1 atom stereocenters. The highest BCUT2D eigenvalue weighted by Crippen LogP contribution is 2.29. The molecule has 0 bridgehead atoms. The summed E-state index contributed by atoms with van der Waals surface area (Å²) in [7, 11) is 0. The number of hydrogen-bond donors (Lipinski definition) is 1. The van der Waals surface area contributed by atoms with Gasteiger partial charge in [-0.2, -0.15) is 0 Å². The summed E-state index contributed by atoms with van der Waals surface area (Å²) in [6.07, 6.45) is 2.89. The normalized spacial score (nSPS) is 17.0. The van der Waals surface area contributed by atoms with Gasteiger partial charge in [0.2, 0.25) is 0 Å². The maximum atomic E-state index is 10.7. The van der Waals surface area contributed by atoms with E-state index in [1.165, 1.54) is 0 Å². The molecule has 0 spiro atoms. The van der Waals surface area contributed by atoms with Gasteiger partial charge in [-0.25, -0.2) is 0 Å². The number of fused-ring (bicyclic) bond motifs is 1. The standard InChI is InChI=1S/C9H11NO3/c1-5(9(11)12)8-6-3-2-4-7(6)10-13-8/h5H,2-4H2,1H3,(H,11,12). The van der Waals surface area contributed by atoms with E-state index in [1.807, 2.05) is 0 Å². The number of carboxylic acid groups (broad SMARTS) is 1. The molecule has 13 heavy (non-hydrogen) atoms. The number of nitrogens with zero attached hydrogens (tertiary/aromatic N) is 1. The molecule has 0 saturated carbocycles. The number of aryl methyl sites for hydroxylation is 1. The van der Waals surface area contributed by atoms with Gasteiger partial charge in [-0.15, -0.1) is 0 Å². The molecule has 1 heterocycles. The first-order chi connectivity index (χ1) is 6.20. The zero-order valence-electron chi connectivity index (χ0n) is 7.41. The van der Waals surface area contributed by atoms with Gasteiger partial charge in [-0.05, 0) is 26.2 Å². The second-order valence-corrected chi connectivity index (χ2v) is 3.39. The molecular formula is C9H11NO3. The summed E-state index contributed by atoms with van der Waals surface area (Å²) in [5.41, 5.74) is 1.97. The van der Waals surface area contributed by atoms with Crippen LogP contribution in [0.4, 0.5) is 0 Å². The molecule has 0 aromatic carbocycles. The van der Waals surface area contributed by atoms with Crippen LogP contribution in [-0.2, 0) is 17.6 Å². The number of aliphatic carboxylic acids is 1. The summed E-state index contributed by atoms with van der Waals surface area (Å²) >= 11 is 0. The third-order valence-electron chi connectivity index (χ3n) is 2.50. The Labute approximate surface area is 75.5 Å². The monoisotopic (exact) mass is 181 g/mol. The van der Waals surface area contributed by atoms with Gasteiger partial charge < -0.3 is 9.63 Å². The average Bonchev–Trinajstić information content (AvgIpc) is 2.61. The quantitative estimate of drug-likeness (QED) is 0.748. The van der Waals surface area contributed by atoms with E-state index in [4.69, 9.17) is 9.63 Å². The van der Waals surface area contributed by atoms with E-state index in [-0.39, 0.29) is 0 Å². The van der Waals surface area contributed by atoms with Crippen LogP contribution in [0.15, 0.2) is 4.52 Å². The van der Waals surface area contributed by atoms with Gasteiger partial charge in [0.25, 0.3) is 0 Å². The van der Waals surface area contributed by atoms with Crippen LogP contribution in [-0.4, -0.2) is 16.2 Å². The van der Waals surface area contributed by atoms with Crippen LogP contribution in [0.2, 0.25) is 0 Å². The zero-order valence-corrected chi connectivity index (χ0v) is 7.41. The molecule has 2 rings (SSSR count). The van der Waals surface area contributed by atoms with E-state index in [1.54, 1.807) is 6.92 Å². The minimum atomic E-state index is -0.856. The van der Waals surface area contributed by atoms with Crippen LogP contribution in [0.1, 0.15) is 36.3 Å². The fourth-order valence-electron chi connectivity index (χ4n) is 1.71. The van der Waals surface area contributed by atoms with Crippen molar-refractivity contribution in [2.24, 2.45) is 0 Å². The average molecular weight is 181 g/mol. The molecule has 1 aliphatic rings. The SMILES string of the molecule is CC(C(=O)O)c1onc2c1CCC2. The van der Waals surface area contributed by atoms with E-state index >= 15 is 0 Å². The van der Waals surface area contributed by atoms with E-state index in [0.717, 1.165) is 30.5 Å². The third kappa shape index (κ3) is 1.22. The summed E-state index contributed by atoms with van der Waals surface area (Å²) in [5, 5.41) is 12.7. The van der Waals surface area contributed by atoms with Crippen molar-refractivity contribution in [3.8, 4) is 0 Å². The van der Waals surface area contributed by atoms with Gasteiger partial charge in [-0.3, -0.25) is 4.79 Å². The second kappa shape index (κ2) is 2.87. The van der Waals surface area contributed by atoms with Gasteiger partial charge in [0, 0.05) is 5.56 Å². The van der Waals surface area contributed by atoms with Gasteiger partial charge in [0.15, 0.2) is 5.76 Å². The fraction of sp³-hybridized carbons (Fsp3) is 0.556. The Kier molecular flexibility index (Phi) is 1.83. The molecular weight excluding hydrogens is 170 g/mol. The Morgan fingerprint density at radius 1 is 1.62 bits per heavy atom. The largest absolute Gasteiger partial charge is 0.481 e. The fourth-order valence-corrected chi connectivity index (χ4v) is 1.71. The van der Waals surface area contributed by atoms with E-state index < -0.39 is 11.9 Å². The number of carbonyl (C=O) groups is 1. The van der Waals surface area contributed by atoms with Crippen molar-refractivity contribution in [1.82, 2.24) is 5.16 Å². The Morgan fingerprint density at radius 2 is 2.38 bits per heavy atom. The second-order valence-electron chi connectivity index (χ2n) is 3.39. The molecule has 1 aliphatic carbocycles. The lowest BCUT2D eigenvalue weighted by Crippen LogP contribution is -2.08. The number of hydrogen-bond acceptors (Lipinski definition) is 3. The van der Waals surface area contributed by atoms with Crippen LogP contribution in [0, 0.1) is 0 Å². The topological polar surface area (TPSA) is 63.3 Å². The molecule has 1 aromatic heterocycles. The lowest BCUT2D eigenvalue weighted by atomic mass is 10.0. The first-order valence-electron chi connectivity index (χ1n) is 4.40. The Bertz CT molecular complexity index is 343. The van der Waals surface area contributed by atoms with Gasteiger partial charge >= 0.3 is 5.97 Å². The molecule has 0 amide bonds. The lowest BCUT2D eigenvalue weighted by molar-refractivity contribution is -0.138. The van der Waals surface area contributed by atoms with Crippen molar-refractivity contribution in [2.75, 3.05) is 0 Å². The molecule has 1 unspecified atom stereocenters. The highest BCUT2D eigenvalue weighted by molar-refractivity contribution is 5.75.